The molecule has 92 heavy (non-hydrogen) atoms. The highest BCUT2D eigenvalue weighted by Crippen LogP contribution is 2.43. The van der Waals surface area contributed by atoms with Gasteiger partial charge in [-0.25, -0.2) is 19.2 Å². The van der Waals surface area contributed by atoms with E-state index in [0.717, 1.165) is 45.5 Å². The van der Waals surface area contributed by atoms with Crippen molar-refractivity contribution < 1.29 is 93.3 Å². The van der Waals surface area contributed by atoms with Crippen molar-refractivity contribution in [3.8, 4) is 46.0 Å². The summed E-state index contributed by atoms with van der Waals surface area (Å²) in [6.45, 7) is 13.2. The summed E-state index contributed by atoms with van der Waals surface area (Å²) in [5, 5.41) is 74.1. The number of esters is 4. The third-order valence-electron chi connectivity index (χ3n) is 12.1. The number of ether oxygens (including phenoxy) is 5. The molecule has 0 amide bonds. The molecule has 0 aliphatic carbocycles. The average Bonchev–Trinajstić information content (AvgIpc) is 0.775. The molecule has 19 heteroatoms. The molecule has 2 atom stereocenters. The van der Waals surface area contributed by atoms with Crippen LogP contribution in [0.3, 0.4) is 0 Å². The maximum absolute atomic E-state index is 12.7. The van der Waals surface area contributed by atoms with Gasteiger partial charge >= 0.3 is 29.8 Å². The molecule has 8 N–H and O–H groups in total. The minimum Gasteiger partial charge on any atom is -0.508 e. The van der Waals surface area contributed by atoms with Crippen LogP contribution in [0.2, 0.25) is 0 Å². The van der Waals surface area contributed by atoms with Crippen molar-refractivity contribution >= 4 is 59.9 Å². The molecule has 0 saturated heterocycles. The van der Waals surface area contributed by atoms with Crippen LogP contribution < -0.4 is 4.74 Å². The normalized spacial score (nSPS) is 12.9. The molecule has 0 fully saturated rings. The largest absolute Gasteiger partial charge is 0.508 e. The molecule has 19 nitrogen and oxygen atoms in total. The summed E-state index contributed by atoms with van der Waals surface area (Å²) in [4.78, 5) is 68.3. The molecular formula is C73H72O19. The van der Waals surface area contributed by atoms with E-state index >= 15 is 0 Å². The average molecular weight is 1250 g/mol. The molecule has 2 unspecified atom stereocenters. The van der Waals surface area contributed by atoms with E-state index in [9.17, 15) is 54.3 Å². The Labute approximate surface area is 532 Å². The van der Waals surface area contributed by atoms with Crippen LogP contribution in [0.25, 0.3) is 24.3 Å². The molecular weight excluding hydrogens is 1180 g/mol. The van der Waals surface area contributed by atoms with Crippen LogP contribution in [0, 0.1) is 6.92 Å². The van der Waals surface area contributed by atoms with E-state index in [1.807, 2.05) is 101 Å². The number of phenolic OH excluding ortho intramolecular Hbond substituents is 7. The lowest BCUT2D eigenvalue weighted by atomic mass is 9.92. The van der Waals surface area contributed by atoms with E-state index in [1.165, 1.54) is 73.7 Å². The van der Waals surface area contributed by atoms with Gasteiger partial charge in [-0.2, -0.15) is 0 Å². The maximum Gasteiger partial charge on any atom is 0.331 e. The zero-order valence-corrected chi connectivity index (χ0v) is 51.1. The summed E-state index contributed by atoms with van der Waals surface area (Å²) >= 11 is 0. The number of hydrogen-bond acceptors (Lipinski definition) is 18. The van der Waals surface area contributed by atoms with Gasteiger partial charge in [-0.3, -0.25) is 9.59 Å². The maximum atomic E-state index is 12.7. The lowest BCUT2D eigenvalue weighted by molar-refractivity contribution is -0.149. The van der Waals surface area contributed by atoms with Crippen molar-refractivity contribution in [2.24, 2.45) is 0 Å². The predicted molar refractivity (Wildman–Crippen MR) is 348 cm³/mol. The second-order valence-corrected chi connectivity index (χ2v) is 20.1. The number of aliphatic carboxylic acids is 1. The first-order chi connectivity index (χ1) is 43.9. The van der Waals surface area contributed by atoms with Crippen molar-refractivity contribution in [2.75, 3.05) is 13.2 Å². The molecule has 0 aromatic heterocycles. The van der Waals surface area contributed by atoms with Crippen molar-refractivity contribution in [1.82, 2.24) is 0 Å². The van der Waals surface area contributed by atoms with Crippen molar-refractivity contribution in [3.63, 3.8) is 0 Å². The Balaban J connectivity index is 0.000000248. The van der Waals surface area contributed by atoms with Gasteiger partial charge in [0.05, 0.1) is 6.61 Å². The minimum atomic E-state index is -1.21. The Kier molecular flexibility index (Phi) is 30.3. The Morgan fingerprint density at radius 3 is 1.55 bits per heavy atom. The fourth-order valence-corrected chi connectivity index (χ4v) is 7.45. The number of phenols is 7. The predicted octanol–water partition coefficient (Wildman–Crippen LogP) is 13.4. The first-order valence-corrected chi connectivity index (χ1v) is 28.2. The van der Waals surface area contributed by atoms with Crippen LogP contribution in [0.4, 0.5) is 0 Å². The zero-order valence-electron chi connectivity index (χ0n) is 51.1. The van der Waals surface area contributed by atoms with E-state index in [2.05, 4.69) is 6.58 Å². The second-order valence-electron chi connectivity index (χ2n) is 20.1. The number of carboxylic acids is 1. The van der Waals surface area contributed by atoms with E-state index in [4.69, 9.17) is 39.0 Å². The third kappa shape index (κ3) is 27.5. The van der Waals surface area contributed by atoms with Gasteiger partial charge in [0, 0.05) is 49.8 Å². The number of carboxylic acid groups (broad SMARTS) is 1. The molecule has 8 rings (SSSR count). The molecule has 1 aliphatic heterocycles. The number of fused-ring (bicyclic) bond motifs is 1. The second kappa shape index (κ2) is 38.4. The molecule has 1 aliphatic rings. The fourth-order valence-electron chi connectivity index (χ4n) is 7.45. The van der Waals surface area contributed by atoms with Crippen LogP contribution in [0.1, 0.15) is 89.5 Å². The lowest BCUT2D eigenvalue weighted by Gasteiger charge is -2.32. The molecule has 0 radical (unpaired) electrons. The van der Waals surface area contributed by atoms with E-state index in [-0.39, 0.29) is 59.0 Å². The minimum absolute atomic E-state index is 0.0461. The van der Waals surface area contributed by atoms with Gasteiger partial charge in [0.25, 0.3) is 0 Å². The van der Waals surface area contributed by atoms with Gasteiger partial charge in [0.15, 0.2) is 29.1 Å². The quantitative estimate of drug-likeness (QED) is 0.00988. The smallest absolute Gasteiger partial charge is 0.331 e. The lowest BCUT2D eigenvalue weighted by Crippen LogP contribution is -2.39. The fraction of sp³-hybridized carbons (Fsp3) is 0.151. The summed E-state index contributed by atoms with van der Waals surface area (Å²) in [7, 11) is 0. The van der Waals surface area contributed by atoms with Crippen LogP contribution >= 0.6 is 0 Å². The number of hydrogen-bond donors (Lipinski definition) is 8. The molecule has 0 bridgehead atoms. The number of carbonyl (C=O) groups excluding carboxylic acids is 5. The monoisotopic (exact) mass is 1250 g/mol. The molecule has 1 heterocycles. The van der Waals surface area contributed by atoms with Gasteiger partial charge in [-0.05, 0) is 121 Å². The van der Waals surface area contributed by atoms with Gasteiger partial charge in [0.2, 0.25) is 11.9 Å². The molecule has 0 spiro atoms. The van der Waals surface area contributed by atoms with Crippen LogP contribution in [-0.2, 0) is 49.5 Å². The number of aryl methyl sites for hydroxylation is 1. The first-order valence-electron chi connectivity index (χ1n) is 28.2. The summed E-state index contributed by atoms with van der Waals surface area (Å²) in [5.74, 6) is -4.70. The summed E-state index contributed by atoms with van der Waals surface area (Å²) < 4.78 is 25.8. The number of aromatic hydroxyl groups is 7. The first kappa shape index (κ1) is 72.6. The third-order valence-corrected chi connectivity index (χ3v) is 12.1. The van der Waals surface area contributed by atoms with Crippen LogP contribution in [0.5, 0.6) is 46.0 Å². The van der Waals surface area contributed by atoms with E-state index in [0.29, 0.717) is 29.7 Å². The van der Waals surface area contributed by atoms with Crippen molar-refractivity contribution in [3.05, 3.63) is 262 Å². The van der Waals surface area contributed by atoms with Gasteiger partial charge in [0.1, 0.15) is 41.8 Å². The van der Waals surface area contributed by atoms with E-state index in [1.54, 1.807) is 72.8 Å². The molecule has 0 saturated carbocycles. The standard InChI is InChI=1S/C17H14O6.C17H16O3.2C14H16O4.C11H10O2/c1-9(18)22-17-15(21)14-12(20)7-11(19)8-13(14)23-16(17)10-5-3-2-4-6-10;1-13-7-8-14(11-16(13)18)9-10-17(19)20-12-15-5-3-2-4-6-15;2*1-10(2)7-8-18-14(17)6-4-11-3-5-12(15)13(16)9-11;12-11(13)9-5-4-8-10-6-2-1-3-7-10/h2-8,16-17,19-20H,1H3;2-11,18H,12H2,1H3;3-7,9,15-16H,8H2,1-2H3;3-6,9,15-16H,1,7-8H2,2H3;1-9H,(H,12,13)/b;10-9+;2*6-4+;8-4+,9-5+. The Bertz CT molecular complexity index is 3800. The van der Waals surface area contributed by atoms with Crippen LogP contribution in [-0.4, -0.2) is 95.8 Å². The summed E-state index contributed by atoms with van der Waals surface area (Å²) in [6, 6.07) is 44.1. The van der Waals surface area contributed by atoms with Gasteiger partial charge < -0.3 is 64.5 Å². The number of ketones is 1. The molecule has 478 valence electrons. The summed E-state index contributed by atoms with van der Waals surface area (Å²) in [5.41, 5.74) is 7.32. The molecule has 7 aromatic carbocycles. The number of allylic oxidation sites excluding steroid dienone is 3. The number of benzene rings is 7. The number of Topliss-reactive ketones (excluding diaryl/α,β-unsaturated/α-hetero) is 1. The van der Waals surface area contributed by atoms with Crippen molar-refractivity contribution in [2.45, 2.75) is 59.9 Å². The SMILES string of the molecule is C=C(C)CCOC(=O)/C=C/c1ccc(O)c(O)c1.CC(=O)OC1C(=O)c2c(O)cc(O)cc2OC1c1ccccc1.CC(C)=CCOC(=O)/C=C/c1ccc(O)c(O)c1.Cc1ccc(/C=C/C(=O)OCc2ccccc2)cc1O.O=C(O)/C=C/C=C/c1ccccc1. The molecule has 7 aromatic rings. The number of rotatable bonds is 18. The van der Waals surface area contributed by atoms with Gasteiger partial charge in [-0.15, -0.1) is 6.58 Å². The van der Waals surface area contributed by atoms with Crippen molar-refractivity contribution in [1.29, 1.82) is 0 Å². The zero-order chi connectivity index (χ0) is 67.5. The highest BCUT2D eigenvalue weighted by Gasteiger charge is 2.42. The number of carbonyl (C=O) groups is 6. The van der Waals surface area contributed by atoms with Crippen LogP contribution in [0.15, 0.2) is 218 Å². The van der Waals surface area contributed by atoms with E-state index < -0.39 is 53.6 Å². The summed E-state index contributed by atoms with van der Waals surface area (Å²) in [6.07, 6.45) is 15.0. The topological polar surface area (TPSA) is 310 Å². The highest BCUT2D eigenvalue weighted by molar-refractivity contribution is 6.06. The Hall–Kier alpha value is -11.9. The Morgan fingerprint density at radius 1 is 0.533 bits per heavy atom. The highest BCUT2D eigenvalue weighted by atomic mass is 16.6. The Morgan fingerprint density at radius 2 is 1.04 bits per heavy atom. The van der Waals surface area contributed by atoms with Gasteiger partial charge in [-0.1, -0.05) is 145 Å².